The average molecular weight is 335 g/mol. The van der Waals surface area contributed by atoms with Crippen LogP contribution in [0, 0.1) is 26.6 Å². The van der Waals surface area contributed by atoms with Crippen molar-refractivity contribution in [3.8, 4) is 0 Å². The van der Waals surface area contributed by atoms with Crippen molar-refractivity contribution in [3.05, 3.63) is 70.0 Å². The topological polar surface area (TPSA) is 0 Å². The van der Waals surface area contributed by atoms with Crippen LogP contribution in [-0.4, -0.2) is 5.33 Å². The van der Waals surface area contributed by atoms with Gasteiger partial charge < -0.3 is 0 Å². The summed E-state index contributed by atoms with van der Waals surface area (Å²) in [5.74, 6) is 0.0515. The van der Waals surface area contributed by atoms with E-state index in [1.807, 2.05) is 12.1 Å². The number of hydrogen-bond donors (Lipinski definition) is 0. The number of rotatable bonds is 4. The zero-order chi connectivity index (χ0) is 14.7. The fourth-order valence-corrected chi connectivity index (χ4v) is 3.41. The monoisotopic (exact) mass is 334 g/mol. The molecule has 1 unspecified atom stereocenters. The van der Waals surface area contributed by atoms with Crippen molar-refractivity contribution in [2.24, 2.45) is 0 Å². The minimum atomic E-state index is -0.112. The Bertz CT molecular complexity index is 581. The van der Waals surface area contributed by atoms with Crippen LogP contribution in [0.4, 0.5) is 4.39 Å². The summed E-state index contributed by atoms with van der Waals surface area (Å²) >= 11 is 3.54. The lowest BCUT2D eigenvalue weighted by Gasteiger charge is -2.19. The number of halogens is 2. The van der Waals surface area contributed by atoms with Crippen molar-refractivity contribution in [3.63, 3.8) is 0 Å². The summed E-state index contributed by atoms with van der Waals surface area (Å²) in [5.41, 5.74) is 6.01. The standard InChI is InChI=1S/C18H20BrF/c1-12-8-13(2)17(14(3)9-12)10-15(11-19)16-6-4-5-7-18(16)20/h4-9,15H,10-11H2,1-3H3. The molecule has 0 aliphatic carbocycles. The molecule has 1 atom stereocenters. The van der Waals surface area contributed by atoms with Crippen molar-refractivity contribution in [1.29, 1.82) is 0 Å². The molecule has 0 aromatic heterocycles. The quantitative estimate of drug-likeness (QED) is 0.650. The number of aryl methyl sites for hydroxylation is 3. The molecule has 0 saturated carbocycles. The van der Waals surface area contributed by atoms with Crippen molar-refractivity contribution < 1.29 is 4.39 Å². The van der Waals surface area contributed by atoms with Gasteiger partial charge in [0.05, 0.1) is 0 Å². The van der Waals surface area contributed by atoms with Crippen molar-refractivity contribution >= 4 is 15.9 Å². The van der Waals surface area contributed by atoms with E-state index in [9.17, 15) is 4.39 Å². The molecule has 2 rings (SSSR count). The summed E-state index contributed by atoms with van der Waals surface area (Å²) in [7, 11) is 0. The van der Waals surface area contributed by atoms with Gasteiger partial charge in [0.15, 0.2) is 0 Å². The minimum Gasteiger partial charge on any atom is -0.207 e. The first-order valence-electron chi connectivity index (χ1n) is 6.90. The zero-order valence-electron chi connectivity index (χ0n) is 12.2. The van der Waals surface area contributed by atoms with Crippen molar-refractivity contribution in [1.82, 2.24) is 0 Å². The van der Waals surface area contributed by atoms with Gasteiger partial charge in [-0.1, -0.05) is 51.8 Å². The Morgan fingerprint density at radius 3 is 2.20 bits per heavy atom. The highest BCUT2D eigenvalue weighted by Crippen LogP contribution is 2.28. The number of alkyl halides is 1. The Hall–Kier alpha value is -1.15. The summed E-state index contributed by atoms with van der Waals surface area (Å²) < 4.78 is 14.0. The molecule has 2 heteroatoms. The van der Waals surface area contributed by atoms with E-state index in [1.54, 1.807) is 12.1 Å². The molecule has 0 nitrogen and oxygen atoms in total. The van der Waals surface area contributed by atoms with Gasteiger partial charge in [0.25, 0.3) is 0 Å². The van der Waals surface area contributed by atoms with Gasteiger partial charge in [-0.25, -0.2) is 4.39 Å². The number of hydrogen-bond acceptors (Lipinski definition) is 0. The second-order valence-corrected chi connectivity index (χ2v) is 6.10. The van der Waals surface area contributed by atoms with Crippen LogP contribution in [-0.2, 0) is 6.42 Å². The average Bonchev–Trinajstić information content (AvgIpc) is 2.39. The Kier molecular flexibility index (Phi) is 4.98. The lowest BCUT2D eigenvalue weighted by molar-refractivity contribution is 0.590. The van der Waals surface area contributed by atoms with Crippen LogP contribution in [0.25, 0.3) is 0 Å². The first-order chi connectivity index (χ1) is 9.52. The molecule has 0 N–H and O–H groups in total. The normalized spacial score (nSPS) is 12.4. The van der Waals surface area contributed by atoms with Crippen molar-refractivity contribution in [2.45, 2.75) is 33.1 Å². The van der Waals surface area contributed by atoms with Gasteiger partial charge in [-0.05, 0) is 55.5 Å². The van der Waals surface area contributed by atoms with Crippen molar-refractivity contribution in [2.75, 3.05) is 5.33 Å². The molecular weight excluding hydrogens is 315 g/mol. The van der Waals surface area contributed by atoms with Gasteiger partial charge in [0, 0.05) is 11.2 Å². The van der Waals surface area contributed by atoms with Gasteiger partial charge in [-0.15, -0.1) is 0 Å². The van der Waals surface area contributed by atoms with E-state index in [1.165, 1.54) is 22.3 Å². The molecule has 2 aromatic rings. The molecule has 0 heterocycles. The minimum absolute atomic E-state index is 0.112. The molecule has 20 heavy (non-hydrogen) atoms. The fourth-order valence-electron chi connectivity index (χ4n) is 2.83. The third-order valence-electron chi connectivity index (χ3n) is 3.82. The molecule has 2 aromatic carbocycles. The predicted molar refractivity (Wildman–Crippen MR) is 87.3 cm³/mol. The molecule has 0 aliphatic rings. The molecule has 0 amide bonds. The van der Waals surface area contributed by atoms with E-state index < -0.39 is 0 Å². The molecular formula is C18H20BrF. The highest BCUT2D eigenvalue weighted by atomic mass is 79.9. The molecule has 0 saturated heterocycles. The zero-order valence-corrected chi connectivity index (χ0v) is 13.8. The van der Waals surface area contributed by atoms with Crippen LogP contribution < -0.4 is 0 Å². The summed E-state index contributed by atoms with van der Waals surface area (Å²) in [6, 6.07) is 11.5. The third kappa shape index (κ3) is 3.29. The van der Waals surface area contributed by atoms with Gasteiger partial charge in [-0.2, -0.15) is 0 Å². The van der Waals surface area contributed by atoms with Gasteiger partial charge in [0.1, 0.15) is 5.82 Å². The first kappa shape index (κ1) is 15.2. The summed E-state index contributed by atoms with van der Waals surface area (Å²) in [4.78, 5) is 0. The van der Waals surface area contributed by atoms with Crippen LogP contribution in [0.3, 0.4) is 0 Å². The van der Waals surface area contributed by atoms with Crippen LogP contribution in [0.5, 0.6) is 0 Å². The van der Waals surface area contributed by atoms with Crippen LogP contribution in [0.2, 0.25) is 0 Å². The SMILES string of the molecule is Cc1cc(C)c(CC(CBr)c2ccccc2F)c(C)c1. The van der Waals surface area contributed by atoms with Gasteiger partial charge in [0.2, 0.25) is 0 Å². The maximum atomic E-state index is 14.0. The molecule has 106 valence electrons. The largest absolute Gasteiger partial charge is 0.207 e. The van der Waals surface area contributed by atoms with Gasteiger partial charge in [-0.3, -0.25) is 0 Å². The first-order valence-corrected chi connectivity index (χ1v) is 8.02. The Balaban J connectivity index is 2.35. The van der Waals surface area contributed by atoms with Gasteiger partial charge >= 0.3 is 0 Å². The predicted octanol–water partition coefficient (Wildman–Crippen LogP) is 5.47. The van der Waals surface area contributed by atoms with E-state index >= 15 is 0 Å². The fraction of sp³-hybridized carbons (Fsp3) is 0.333. The van der Waals surface area contributed by atoms with E-state index in [2.05, 4.69) is 48.8 Å². The number of benzene rings is 2. The molecule has 0 fully saturated rings. The molecule has 0 bridgehead atoms. The second-order valence-electron chi connectivity index (χ2n) is 5.45. The second kappa shape index (κ2) is 6.53. The van der Waals surface area contributed by atoms with E-state index in [-0.39, 0.29) is 11.7 Å². The summed E-state index contributed by atoms with van der Waals surface area (Å²) in [6.07, 6.45) is 0.865. The van der Waals surface area contributed by atoms with Crippen LogP contribution in [0.1, 0.15) is 33.7 Å². The third-order valence-corrected chi connectivity index (χ3v) is 4.60. The maximum absolute atomic E-state index is 14.0. The lowest BCUT2D eigenvalue weighted by atomic mass is 9.88. The lowest BCUT2D eigenvalue weighted by Crippen LogP contribution is -2.09. The molecule has 0 aliphatic heterocycles. The smallest absolute Gasteiger partial charge is 0.126 e. The Morgan fingerprint density at radius 1 is 1.05 bits per heavy atom. The molecule has 0 spiro atoms. The maximum Gasteiger partial charge on any atom is 0.126 e. The summed E-state index contributed by atoms with van der Waals surface area (Å²) in [5, 5.41) is 0.765. The Labute approximate surface area is 129 Å². The highest BCUT2D eigenvalue weighted by Gasteiger charge is 2.17. The highest BCUT2D eigenvalue weighted by molar-refractivity contribution is 9.09. The van der Waals surface area contributed by atoms with Crippen LogP contribution >= 0.6 is 15.9 Å². The van der Waals surface area contributed by atoms with E-state index in [4.69, 9.17) is 0 Å². The molecule has 0 radical (unpaired) electrons. The van der Waals surface area contributed by atoms with E-state index in [0.29, 0.717) is 0 Å². The van der Waals surface area contributed by atoms with Crippen LogP contribution in [0.15, 0.2) is 36.4 Å². The summed E-state index contributed by atoms with van der Waals surface area (Å²) in [6.45, 7) is 6.40. The van der Waals surface area contributed by atoms with E-state index in [0.717, 1.165) is 17.3 Å². The Morgan fingerprint density at radius 2 is 1.65 bits per heavy atom.